The fourth-order valence-electron chi connectivity index (χ4n) is 6.72. The standard InChI is InChI=1S/C20H30O4/c1-19-7-5-14(22)10-13(19)3-4-15-16(19)6-8-20(2)17(15)9-12(11-21)18(23)24-20/h11,13-17,21-22H,3-10H2,1-2H3/b12-11-. The highest BCUT2D eigenvalue weighted by Gasteiger charge is 2.59. The van der Waals surface area contributed by atoms with E-state index in [0.717, 1.165) is 44.8 Å². The second-order valence-electron chi connectivity index (χ2n) is 9.18. The maximum absolute atomic E-state index is 12.1. The molecule has 4 aliphatic rings. The van der Waals surface area contributed by atoms with Gasteiger partial charge in [-0.3, -0.25) is 0 Å². The van der Waals surface area contributed by atoms with Crippen LogP contribution in [-0.2, 0) is 9.53 Å². The summed E-state index contributed by atoms with van der Waals surface area (Å²) in [5.41, 5.74) is 0.375. The second kappa shape index (κ2) is 5.48. The largest absolute Gasteiger partial charge is 0.515 e. The molecule has 0 aromatic carbocycles. The van der Waals surface area contributed by atoms with Crippen LogP contribution < -0.4 is 0 Å². The maximum atomic E-state index is 12.1. The van der Waals surface area contributed by atoms with Gasteiger partial charge in [0.25, 0.3) is 0 Å². The van der Waals surface area contributed by atoms with Gasteiger partial charge in [-0.2, -0.15) is 0 Å². The molecular weight excluding hydrogens is 304 g/mol. The molecule has 1 saturated heterocycles. The van der Waals surface area contributed by atoms with Gasteiger partial charge in [-0.15, -0.1) is 0 Å². The number of carbonyl (C=O) groups excluding carboxylic acids is 1. The normalized spacial score (nSPS) is 52.9. The molecule has 4 nitrogen and oxygen atoms in total. The Labute approximate surface area is 144 Å². The number of aliphatic hydroxyl groups is 2. The third-order valence-electron chi connectivity index (χ3n) is 8.15. The fourth-order valence-corrected chi connectivity index (χ4v) is 6.72. The Morgan fingerprint density at radius 3 is 2.67 bits per heavy atom. The first-order valence-electron chi connectivity index (χ1n) is 9.62. The topological polar surface area (TPSA) is 66.8 Å². The quantitative estimate of drug-likeness (QED) is 0.402. The first-order chi connectivity index (χ1) is 11.4. The molecule has 4 rings (SSSR count). The Balaban J connectivity index is 1.64. The van der Waals surface area contributed by atoms with E-state index in [4.69, 9.17) is 4.74 Å². The Hall–Kier alpha value is -1.03. The highest BCUT2D eigenvalue weighted by Crippen LogP contribution is 2.63. The van der Waals surface area contributed by atoms with Crippen molar-refractivity contribution in [3.05, 3.63) is 11.8 Å². The molecule has 0 spiro atoms. The minimum absolute atomic E-state index is 0.118. The van der Waals surface area contributed by atoms with Gasteiger partial charge in [0.2, 0.25) is 0 Å². The molecular formula is C20H30O4. The third kappa shape index (κ3) is 2.25. The fraction of sp³-hybridized carbons (Fsp3) is 0.850. The molecule has 24 heavy (non-hydrogen) atoms. The van der Waals surface area contributed by atoms with E-state index in [1.165, 1.54) is 6.42 Å². The highest BCUT2D eigenvalue weighted by molar-refractivity contribution is 5.89. The van der Waals surface area contributed by atoms with Crippen molar-refractivity contribution in [2.45, 2.75) is 76.9 Å². The highest BCUT2D eigenvalue weighted by atomic mass is 16.6. The van der Waals surface area contributed by atoms with Crippen LogP contribution >= 0.6 is 0 Å². The summed E-state index contributed by atoms with van der Waals surface area (Å²) in [6.45, 7) is 4.54. The van der Waals surface area contributed by atoms with Crippen LogP contribution in [0.3, 0.4) is 0 Å². The van der Waals surface area contributed by atoms with Crippen molar-refractivity contribution in [2.75, 3.05) is 0 Å². The van der Waals surface area contributed by atoms with E-state index in [0.29, 0.717) is 41.1 Å². The van der Waals surface area contributed by atoms with E-state index in [-0.39, 0.29) is 17.7 Å². The first-order valence-corrected chi connectivity index (χ1v) is 9.62. The number of rotatable bonds is 0. The van der Waals surface area contributed by atoms with Crippen molar-refractivity contribution in [3.63, 3.8) is 0 Å². The molecule has 134 valence electrons. The predicted octanol–water partition coefficient (Wildman–Crippen LogP) is 3.74. The Kier molecular flexibility index (Phi) is 3.76. The van der Waals surface area contributed by atoms with E-state index < -0.39 is 0 Å². The van der Waals surface area contributed by atoms with Crippen molar-refractivity contribution in [1.29, 1.82) is 0 Å². The number of esters is 1. The number of ether oxygens (including phenoxy) is 1. The van der Waals surface area contributed by atoms with Gasteiger partial charge in [0, 0.05) is 5.92 Å². The summed E-state index contributed by atoms with van der Waals surface area (Å²) in [5, 5.41) is 19.5. The van der Waals surface area contributed by atoms with Gasteiger partial charge in [-0.1, -0.05) is 6.92 Å². The van der Waals surface area contributed by atoms with Crippen molar-refractivity contribution >= 4 is 5.97 Å². The van der Waals surface area contributed by atoms with Crippen LogP contribution in [0.4, 0.5) is 0 Å². The van der Waals surface area contributed by atoms with Gasteiger partial charge >= 0.3 is 5.97 Å². The average Bonchev–Trinajstić information content (AvgIpc) is 2.54. The lowest BCUT2D eigenvalue weighted by atomic mass is 9.45. The summed E-state index contributed by atoms with van der Waals surface area (Å²) in [7, 11) is 0. The van der Waals surface area contributed by atoms with Gasteiger partial charge in [0.15, 0.2) is 0 Å². The molecule has 2 N–H and O–H groups in total. The molecule has 7 atom stereocenters. The van der Waals surface area contributed by atoms with Crippen molar-refractivity contribution in [1.82, 2.24) is 0 Å². The lowest BCUT2D eigenvalue weighted by molar-refractivity contribution is -0.196. The lowest BCUT2D eigenvalue weighted by Crippen LogP contribution is -2.58. The number of hydrogen-bond acceptors (Lipinski definition) is 4. The van der Waals surface area contributed by atoms with E-state index in [2.05, 4.69) is 13.8 Å². The predicted molar refractivity (Wildman–Crippen MR) is 90.2 cm³/mol. The molecule has 0 bridgehead atoms. The van der Waals surface area contributed by atoms with Gasteiger partial charge in [0.1, 0.15) is 5.60 Å². The molecule has 3 aliphatic carbocycles. The summed E-state index contributed by atoms with van der Waals surface area (Å²) >= 11 is 0. The van der Waals surface area contributed by atoms with Gasteiger partial charge < -0.3 is 14.9 Å². The van der Waals surface area contributed by atoms with Gasteiger partial charge in [0.05, 0.1) is 17.9 Å². The van der Waals surface area contributed by atoms with Crippen LogP contribution in [-0.4, -0.2) is 27.9 Å². The molecule has 0 radical (unpaired) electrons. The van der Waals surface area contributed by atoms with Crippen molar-refractivity contribution in [3.8, 4) is 0 Å². The smallest absolute Gasteiger partial charge is 0.337 e. The second-order valence-corrected chi connectivity index (χ2v) is 9.18. The molecule has 1 heterocycles. The summed E-state index contributed by atoms with van der Waals surface area (Å²) in [6.07, 6.45) is 8.86. The molecule has 1 aliphatic heterocycles. The Bertz CT molecular complexity index is 570. The summed E-state index contributed by atoms with van der Waals surface area (Å²) in [6, 6.07) is 0. The number of aliphatic hydroxyl groups excluding tert-OH is 2. The van der Waals surface area contributed by atoms with Crippen LogP contribution in [0.2, 0.25) is 0 Å². The summed E-state index contributed by atoms with van der Waals surface area (Å²) in [4.78, 5) is 12.1. The SMILES string of the molecule is CC12CCC3C(CCC4CC(O)CCC43C)C1C/C(=C/O)C(=O)O2. The molecule has 7 unspecified atom stereocenters. The van der Waals surface area contributed by atoms with Crippen LogP contribution in [0.5, 0.6) is 0 Å². The summed E-state index contributed by atoms with van der Waals surface area (Å²) in [5.74, 6) is 1.82. The Morgan fingerprint density at radius 1 is 1.12 bits per heavy atom. The zero-order chi connectivity index (χ0) is 17.1. The van der Waals surface area contributed by atoms with Gasteiger partial charge in [-0.25, -0.2) is 4.79 Å². The Morgan fingerprint density at radius 2 is 1.92 bits per heavy atom. The van der Waals surface area contributed by atoms with Crippen LogP contribution in [0.15, 0.2) is 11.8 Å². The molecule has 0 aromatic rings. The van der Waals surface area contributed by atoms with E-state index in [1.807, 2.05) is 0 Å². The van der Waals surface area contributed by atoms with Crippen LogP contribution in [0.1, 0.15) is 65.2 Å². The first kappa shape index (κ1) is 16.4. The van der Waals surface area contributed by atoms with E-state index in [9.17, 15) is 15.0 Å². The monoisotopic (exact) mass is 334 g/mol. The van der Waals surface area contributed by atoms with Crippen molar-refractivity contribution in [2.24, 2.45) is 29.1 Å². The summed E-state index contributed by atoms with van der Waals surface area (Å²) < 4.78 is 5.81. The van der Waals surface area contributed by atoms with Crippen LogP contribution in [0.25, 0.3) is 0 Å². The van der Waals surface area contributed by atoms with Crippen molar-refractivity contribution < 1.29 is 19.7 Å². The van der Waals surface area contributed by atoms with E-state index >= 15 is 0 Å². The average molecular weight is 334 g/mol. The van der Waals surface area contributed by atoms with Gasteiger partial charge in [-0.05, 0) is 81.5 Å². The maximum Gasteiger partial charge on any atom is 0.337 e. The number of hydrogen-bond donors (Lipinski definition) is 2. The molecule has 4 fully saturated rings. The van der Waals surface area contributed by atoms with Crippen LogP contribution in [0, 0.1) is 29.1 Å². The van der Waals surface area contributed by atoms with E-state index in [1.54, 1.807) is 0 Å². The molecule has 4 heteroatoms. The number of fused-ring (bicyclic) bond motifs is 5. The molecule has 0 amide bonds. The lowest BCUT2D eigenvalue weighted by Gasteiger charge is -2.61. The molecule has 0 aromatic heterocycles. The minimum Gasteiger partial charge on any atom is -0.515 e. The zero-order valence-electron chi connectivity index (χ0n) is 14.8. The zero-order valence-corrected chi connectivity index (χ0v) is 14.8. The number of carbonyl (C=O) groups is 1. The third-order valence-corrected chi connectivity index (χ3v) is 8.15. The molecule has 3 saturated carbocycles. The minimum atomic E-state index is -0.373.